The summed E-state index contributed by atoms with van der Waals surface area (Å²) >= 11 is -18.1. The van der Waals surface area contributed by atoms with Gasteiger partial charge in [0.2, 0.25) is 0 Å². The van der Waals surface area contributed by atoms with Crippen LogP contribution in [0.15, 0.2) is 0 Å². The zero-order chi connectivity index (χ0) is 13.5. The van der Waals surface area contributed by atoms with Gasteiger partial charge >= 0.3 is 170 Å². The second kappa shape index (κ2) is 14.1. The molecule has 0 aromatic rings. The first-order valence-electron chi connectivity index (χ1n) is 2.00. The quantitative estimate of drug-likeness (QED) is 0.208. The first kappa shape index (κ1) is 32.2. The Morgan fingerprint density at radius 1 is 0.412 bits per heavy atom. The molecule has 0 spiro atoms. The first-order valence-corrected chi connectivity index (χ1v) is 11.8. The summed E-state index contributed by atoms with van der Waals surface area (Å²) < 4.78 is 104. The van der Waals surface area contributed by atoms with Crippen LogP contribution in [-0.2, 0) is 70.6 Å². The summed E-state index contributed by atoms with van der Waals surface area (Å²) in [5, 5.41) is 0. The summed E-state index contributed by atoms with van der Waals surface area (Å²) in [6.45, 7) is 0. The molecule has 0 aromatic heterocycles. The van der Waals surface area contributed by atoms with Gasteiger partial charge in [-0.05, 0) is 0 Å². The van der Waals surface area contributed by atoms with Gasteiger partial charge in [0.1, 0.15) is 0 Å². The summed E-state index contributed by atoms with van der Waals surface area (Å²) in [6.07, 6.45) is 0. The third-order valence-corrected chi connectivity index (χ3v) is 0. The largest absolute Gasteiger partial charge is 3.00 e. The van der Waals surface area contributed by atoms with E-state index in [2.05, 4.69) is 0 Å². The van der Waals surface area contributed by atoms with E-state index in [9.17, 15) is 0 Å². The number of rotatable bonds is 0. The Balaban J connectivity index is -0.0000000400. The normalized spacial score (nSPS) is 10.2. The maximum absolute atomic E-state index is 8.63. The van der Waals surface area contributed by atoms with Gasteiger partial charge in [-0.1, -0.05) is 0 Å². The van der Waals surface area contributed by atoms with Crippen molar-refractivity contribution in [1.29, 1.82) is 0 Å². The predicted octanol–water partition coefficient (Wildman–Crippen LogP) is -7.85. The van der Waals surface area contributed by atoms with Crippen molar-refractivity contribution in [2.75, 3.05) is 0 Å². The number of hydrogen-bond donors (Lipinski definition) is 0. The van der Waals surface area contributed by atoms with Gasteiger partial charge in [0.15, 0.2) is 0 Å². The van der Waals surface area contributed by atoms with Gasteiger partial charge in [-0.25, -0.2) is 0 Å². The molecule has 0 atom stereocenters. The van der Waals surface area contributed by atoms with Crippen molar-refractivity contribution in [2.24, 2.45) is 0 Å². The zero-order valence-electron chi connectivity index (χ0n) is 6.79. The standard InChI is InChI=1S/3Mo.12O.2Tb/q;;;;;;;;;6*-1;2*+3. The van der Waals surface area contributed by atoms with E-state index in [0.29, 0.717) is 0 Å². The monoisotopic (exact) mass is 804 g/mol. The molecule has 0 bridgehead atoms. The van der Waals surface area contributed by atoms with Crippen LogP contribution in [0.5, 0.6) is 0 Å². The fraction of sp³-hybridized carbons (Fsp3) is 0. The van der Waals surface area contributed by atoms with Crippen molar-refractivity contribution in [3.05, 3.63) is 0 Å². The van der Waals surface area contributed by atoms with Crippen LogP contribution in [0, 0.1) is 77.2 Å². The third kappa shape index (κ3) is 556. The van der Waals surface area contributed by atoms with Crippen LogP contribution in [0.25, 0.3) is 0 Å². The average Bonchev–Trinajstić information content (AvgIpc) is 1.41. The van der Waals surface area contributed by atoms with Crippen LogP contribution < -0.4 is 22.6 Å². The van der Waals surface area contributed by atoms with Gasteiger partial charge in [0.25, 0.3) is 0 Å². The predicted molar refractivity (Wildman–Crippen MR) is 4.12 cm³/mol. The van der Waals surface area contributed by atoms with Crippen molar-refractivity contribution in [3.63, 3.8) is 0 Å². The maximum Gasteiger partial charge on any atom is 3.00 e. The number of hydrogen-bond acceptors (Lipinski definition) is 12. The molecule has 0 heterocycles. The second-order valence-corrected chi connectivity index (χ2v) is 7.25. The van der Waals surface area contributed by atoms with E-state index in [0.717, 1.165) is 0 Å². The van der Waals surface area contributed by atoms with Crippen molar-refractivity contribution in [3.8, 4) is 0 Å². The van der Waals surface area contributed by atoms with E-state index in [4.69, 9.17) is 42.9 Å². The van der Waals surface area contributed by atoms with E-state index in [-0.39, 0.29) is 77.2 Å². The van der Waals surface area contributed by atoms with Crippen molar-refractivity contribution < 1.29 is 170 Å². The Labute approximate surface area is 166 Å². The Morgan fingerprint density at radius 2 is 0.412 bits per heavy atom. The molecule has 0 radical (unpaired) electrons. The van der Waals surface area contributed by atoms with E-state index in [1.807, 2.05) is 0 Å². The van der Waals surface area contributed by atoms with Gasteiger partial charge in [-0.2, -0.15) is 0 Å². The average molecular weight is 798 g/mol. The zero-order valence-corrected chi connectivity index (χ0v) is 17.1. The molecule has 17 heteroatoms. The van der Waals surface area contributed by atoms with Crippen LogP contribution >= 0.6 is 0 Å². The van der Waals surface area contributed by atoms with Gasteiger partial charge < -0.3 is 0 Å². The molecule has 0 aliphatic heterocycles. The van der Waals surface area contributed by atoms with Gasteiger partial charge in [-0.3, -0.25) is 0 Å². The van der Waals surface area contributed by atoms with Gasteiger partial charge in [0, 0.05) is 0 Å². The van der Waals surface area contributed by atoms with Gasteiger partial charge in [0.05, 0.1) is 0 Å². The molecule has 0 amide bonds. The van der Waals surface area contributed by atoms with Crippen LogP contribution in [0.1, 0.15) is 0 Å². The van der Waals surface area contributed by atoms with E-state index in [1.54, 1.807) is 0 Å². The third-order valence-electron chi connectivity index (χ3n) is 0. The van der Waals surface area contributed by atoms with Crippen molar-refractivity contribution in [2.45, 2.75) is 0 Å². The summed E-state index contributed by atoms with van der Waals surface area (Å²) in [5.41, 5.74) is 0. The Kier molecular flexibility index (Phi) is 26.8. The first-order chi connectivity index (χ1) is 6.00. The van der Waals surface area contributed by atoms with Crippen LogP contribution in [0.2, 0.25) is 0 Å². The van der Waals surface area contributed by atoms with Crippen molar-refractivity contribution >= 4 is 0 Å². The minimum absolute atomic E-state index is 0. The molecule has 0 aliphatic rings. The summed E-state index contributed by atoms with van der Waals surface area (Å²) in [4.78, 5) is 0. The van der Waals surface area contributed by atoms with Crippen molar-refractivity contribution in [1.82, 2.24) is 0 Å². The molecular formula is Mo3O12Tb2. The fourth-order valence-corrected chi connectivity index (χ4v) is 0. The molecule has 0 aliphatic carbocycles. The SMILES string of the molecule is [O]=[Mo](=[O])([O-])[O-].[O]=[Mo](=[O])([O-])[O-].[O]=[Mo](=[O])([O-])[O-].[Tb+3].[Tb+3]. The summed E-state index contributed by atoms with van der Waals surface area (Å²) in [7, 11) is 0. The van der Waals surface area contributed by atoms with E-state index in [1.165, 1.54) is 0 Å². The molecule has 0 saturated carbocycles. The van der Waals surface area contributed by atoms with Gasteiger partial charge in [-0.15, -0.1) is 0 Å². The molecule has 0 unspecified atom stereocenters. The molecule has 108 valence electrons. The molecule has 0 aromatic carbocycles. The summed E-state index contributed by atoms with van der Waals surface area (Å²) in [6, 6.07) is 0. The molecular weight excluding hydrogens is 798 g/mol. The molecule has 0 fully saturated rings. The minimum Gasteiger partial charge on any atom is 3.00 e. The second-order valence-electron chi connectivity index (χ2n) is 1.22. The molecule has 0 N–H and O–H groups in total. The summed E-state index contributed by atoms with van der Waals surface area (Å²) in [5.74, 6) is 0. The molecule has 17 heavy (non-hydrogen) atoms. The van der Waals surface area contributed by atoms with Crippen LogP contribution in [0.4, 0.5) is 0 Å². The van der Waals surface area contributed by atoms with E-state index >= 15 is 0 Å². The Morgan fingerprint density at radius 3 is 0.412 bits per heavy atom. The maximum atomic E-state index is 8.63. The fourth-order valence-electron chi connectivity index (χ4n) is 0. The van der Waals surface area contributed by atoms with Crippen LogP contribution in [0.3, 0.4) is 0 Å². The minimum atomic E-state index is -6.02. The topological polar surface area (TPSA) is 241 Å². The Bertz CT molecular complexity index is 341. The molecule has 0 rings (SSSR count). The van der Waals surface area contributed by atoms with Crippen LogP contribution in [-0.4, -0.2) is 0 Å². The molecule has 12 nitrogen and oxygen atoms in total. The Hall–Kier alpha value is 3.20. The van der Waals surface area contributed by atoms with E-state index < -0.39 is 50.2 Å². The molecule has 0 saturated heterocycles. The smallest absolute Gasteiger partial charge is 3.00 e.